The van der Waals surface area contributed by atoms with E-state index in [1.165, 1.54) is 0 Å². The highest BCUT2D eigenvalue weighted by Gasteiger charge is 2.34. The Morgan fingerprint density at radius 3 is 2.35 bits per heavy atom. The first kappa shape index (κ1) is 30.8. The van der Waals surface area contributed by atoms with Gasteiger partial charge in [0, 0.05) is 32.9 Å². The summed E-state index contributed by atoms with van der Waals surface area (Å²) in [4.78, 5) is 23.3. The van der Waals surface area contributed by atoms with Crippen LogP contribution in [0.4, 0.5) is 4.79 Å². The summed E-state index contributed by atoms with van der Waals surface area (Å²) in [6, 6.07) is 8.08. The smallest absolute Gasteiger partial charge is 0.412 e. The summed E-state index contributed by atoms with van der Waals surface area (Å²) >= 11 is 17.1. The normalized spacial score (nSPS) is 11.9. The van der Waals surface area contributed by atoms with Crippen molar-refractivity contribution >= 4 is 67.6 Å². The zero-order valence-corrected chi connectivity index (χ0v) is 23.6. The number of nitrogens with one attached hydrogen (secondary N) is 1. The molecule has 1 N–H and O–H groups in total. The summed E-state index contributed by atoms with van der Waals surface area (Å²) in [7, 11) is 0.744. The van der Waals surface area contributed by atoms with Crippen molar-refractivity contribution in [2.75, 3.05) is 27.4 Å². The summed E-state index contributed by atoms with van der Waals surface area (Å²) in [6.07, 6.45) is 5.06. The number of ether oxygens (including phenoxy) is 2. The number of benzene rings is 1. The Morgan fingerprint density at radius 2 is 1.76 bits per heavy atom. The Kier molecular flexibility index (Phi) is 12.6. The minimum Gasteiger partial charge on any atom is -0.463 e. The second kappa shape index (κ2) is 15.1. The third-order valence-corrected chi connectivity index (χ3v) is 9.26. The van der Waals surface area contributed by atoms with E-state index in [0.29, 0.717) is 37.2 Å². The summed E-state index contributed by atoms with van der Waals surface area (Å²) in [5.41, 5.74) is 0.793. The molecule has 0 aliphatic carbocycles. The maximum atomic E-state index is 12.1. The lowest BCUT2D eigenvalue weighted by Crippen LogP contribution is -2.41. The number of esters is 1. The van der Waals surface area contributed by atoms with Crippen molar-refractivity contribution < 1.29 is 32.3 Å². The van der Waals surface area contributed by atoms with Gasteiger partial charge in [-0.3, -0.25) is 0 Å². The first-order chi connectivity index (χ1) is 17.6. The van der Waals surface area contributed by atoms with Gasteiger partial charge in [0.2, 0.25) is 5.89 Å². The fourth-order valence-electron chi connectivity index (χ4n) is 3.11. The van der Waals surface area contributed by atoms with E-state index in [9.17, 15) is 9.59 Å². The number of rotatable bonds is 14. The molecule has 0 spiro atoms. The molecule has 2 aromatic rings. The van der Waals surface area contributed by atoms with E-state index < -0.39 is 24.4 Å². The molecule has 0 aliphatic heterocycles. The average Bonchev–Trinajstić information content (AvgIpc) is 3.37. The van der Waals surface area contributed by atoms with Crippen molar-refractivity contribution in [2.45, 2.75) is 28.7 Å². The molecule has 0 radical (unpaired) electrons. The third kappa shape index (κ3) is 10.8. The van der Waals surface area contributed by atoms with Crippen molar-refractivity contribution in [1.29, 1.82) is 0 Å². The van der Waals surface area contributed by atoms with Crippen LogP contribution in [0.5, 0.6) is 5.75 Å². The highest BCUT2D eigenvalue weighted by Crippen LogP contribution is 2.37. The first-order valence-electron chi connectivity index (χ1n) is 11.1. The van der Waals surface area contributed by atoms with Crippen LogP contribution in [0.1, 0.15) is 30.2 Å². The van der Waals surface area contributed by atoms with Gasteiger partial charge >= 0.3 is 20.6 Å². The molecule has 0 bridgehead atoms. The van der Waals surface area contributed by atoms with Crippen LogP contribution in [0, 0.1) is 0 Å². The largest absolute Gasteiger partial charge is 0.463 e. The minimum absolute atomic E-state index is 0.129. The zero-order valence-electron chi connectivity index (χ0n) is 20.4. The van der Waals surface area contributed by atoms with Gasteiger partial charge in [0.05, 0.1) is 6.61 Å². The van der Waals surface area contributed by atoms with Gasteiger partial charge in [-0.15, -0.1) is 10.2 Å². The van der Waals surface area contributed by atoms with E-state index in [0.717, 1.165) is 11.6 Å². The number of aromatic nitrogens is 2. The zero-order chi connectivity index (χ0) is 27.3. The molecule has 14 heteroatoms. The molecule has 0 saturated carbocycles. The lowest BCUT2D eigenvalue weighted by atomic mass is 10.2. The lowest BCUT2D eigenvalue weighted by molar-refractivity contribution is -0.137. The molecule has 0 fully saturated rings. The van der Waals surface area contributed by atoms with Crippen molar-refractivity contribution in [1.82, 2.24) is 15.5 Å². The van der Waals surface area contributed by atoms with Crippen LogP contribution in [0.15, 0.2) is 41.3 Å². The molecule has 0 aliphatic rings. The second-order valence-electron chi connectivity index (χ2n) is 7.56. The van der Waals surface area contributed by atoms with Crippen molar-refractivity contribution in [2.24, 2.45) is 0 Å². The van der Waals surface area contributed by atoms with E-state index in [2.05, 4.69) is 22.1 Å². The summed E-state index contributed by atoms with van der Waals surface area (Å²) in [5, 5.41) is 10.2. The molecule has 202 valence electrons. The molecule has 1 aromatic carbocycles. The Bertz CT molecular complexity index is 1050. The molecule has 37 heavy (non-hydrogen) atoms. The Hall–Kier alpha value is -2.41. The van der Waals surface area contributed by atoms with Crippen LogP contribution >= 0.6 is 34.8 Å². The van der Waals surface area contributed by atoms with Crippen LogP contribution in [0.2, 0.25) is 12.1 Å². The number of hydrogen-bond donors (Lipinski definition) is 1. The van der Waals surface area contributed by atoms with E-state index in [4.69, 9.17) is 57.5 Å². The molecule has 10 nitrogen and oxygen atoms in total. The number of carbonyl (C=O) groups excluding carboxylic acids is 2. The number of carbonyl (C=O) groups is 2. The molecule has 1 aromatic heterocycles. The average molecular weight is 593 g/mol. The van der Waals surface area contributed by atoms with Crippen LogP contribution in [0.25, 0.3) is 12.2 Å². The quantitative estimate of drug-likeness (QED) is 0.101. The summed E-state index contributed by atoms with van der Waals surface area (Å²) in [5.74, 6) is -0.0453. The molecule has 1 amide bonds. The van der Waals surface area contributed by atoms with Gasteiger partial charge in [0.25, 0.3) is 9.68 Å². The molecular weight excluding hydrogens is 565 g/mol. The maximum Gasteiger partial charge on any atom is 0.412 e. The van der Waals surface area contributed by atoms with Gasteiger partial charge in [0.15, 0.2) is 0 Å². The van der Waals surface area contributed by atoms with Gasteiger partial charge in [-0.25, -0.2) is 9.59 Å². The number of hydrogen-bond acceptors (Lipinski definition) is 9. The van der Waals surface area contributed by atoms with Gasteiger partial charge in [-0.05, 0) is 48.7 Å². The molecule has 1 heterocycles. The summed E-state index contributed by atoms with van der Waals surface area (Å²) < 4.78 is 25.1. The Balaban J connectivity index is 1.75. The SMILES string of the molecule is C=CC(=O)OCCC[Si](CCCNC(=O)Oc1ccc(C=Cc2nnc(C(Cl)(Cl)Cl)o2)cc1)(OC)OC. The van der Waals surface area contributed by atoms with Crippen molar-refractivity contribution in [3.63, 3.8) is 0 Å². The maximum absolute atomic E-state index is 12.1. The number of alkyl halides is 3. The number of amides is 1. The Labute approximate surface area is 231 Å². The van der Waals surface area contributed by atoms with E-state index in [-0.39, 0.29) is 18.4 Å². The predicted octanol–water partition coefficient (Wildman–Crippen LogP) is 5.40. The molecular formula is C23H28Cl3N3O7Si. The number of nitrogens with zero attached hydrogens (tertiary/aromatic N) is 2. The summed E-state index contributed by atoms with van der Waals surface area (Å²) in [6.45, 7) is 4.01. The van der Waals surface area contributed by atoms with Crippen molar-refractivity contribution in [3.05, 3.63) is 54.3 Å². The lowest BCUT2D eigenvalue weighted by Gasteiger charge is -2.27. The monoisotopic (exact) mass is 591 g/mol. The topological polar surface area (TPSA) is 122 Å². The Morgan fingerprint density at radius 1 is 1.08 bits per heavy atom. The van der Waals surface area contributed by atoms with Crippen LogP contribution < -0.4 is 10.1 Å². The van der Waals surface area contributed by atoms with Crippen LogP contribution in [-0.2, 0) is 22.2 Å². The minimum atomic E-state index is -2.47. The van der Waals surface area contributed by atoms with Gasteiger partial charge in [0.1, 0.15) is 5.75 Å². The first-order valence-corrected chi connectivity index (χ1v) is 14.5. The second-order valence-corrected chi connectivity index (χ2v) is 13.5. The fraction of sp³-hybridized carbons (Fsp3) is 0.391. The third-order valence-electron chi connectivity index (χ3n) is 5.05. The van der Waals surface area contributed by atoms with Gasteiger partial charge in [-0.1, -0.05) is 53.5 Å². The molecule has 0 atom stereocenters. The molecule has 0 saturated heterocycles. The van der Waals surface area contributed by atoms with Gasteiger partial charge < -0.3 is 28.1 Å². The molecule has 2 rings (SSSR count). The highest BCUT2D eigenvalue weighted by molar-refractivity contribution is 6.67. The number of halogens is 3. The highest BCUT2D eigenvalue weighted by atomic mass is 35.6. The van der Waals surface area contributed by atoms with E-state index >= 15 is 0 Å². The predicted molar refractivity (Wildman–Crippen MR) is 143 cm³/mol. The van der Waals surface area contributed by atoms with Gasteiger partial charge in [-0.2, -0.15) is 0 Å². The molecule has 0 unspecified atom stereocenters. The van der Waals surface area contributed by atoms with Crippen LogP contribution in [-0.4, -0.2) is 58.2 Å². The fourth-order valence-corrected chi connectivity index (χ4v) is 5.97. The van der Waals surface area contributed by atoms with Crippen LogP contribution in [0.3, 0.4) is 0 Å². The van der Waals surface area contributed by atoms with Crippen molar-refractivity contribution in [3.8, 4) is 5.75 Å². The standard InChI is InChI=1S/C23H28Cl3N3O7Si/c1-4-20(30)34-14-6-16-37(32-2,33-3)15-5-13-27-22(31)35-18-10-7-17(8-11-18)9-12-19-28-29-21(36-19)23(24,25)26/h4,7-12H,1,5-6,13-16H2,2-3H3,(H,27,31). The van der Waals surface area contributed by atoms with E-state index in [1.54, 1.807) is 50.6 Å². The van der Waals surface area contributed by atoms with E-state index in [1.807, 2.05) is 0 Å².